The SMILES string of the molecule is COCCN(C)C(CN)c1ccc(OC)c2ccccc12. The second-order valence-electron chi connectivity index (χ2n) is 5.13. The number of likely N-dealkylation sites (N-methyl/N-ethyl adjacent to an activating group) is 1. The van der Waals surface area contributed by atoms with Crippen molar-refractivity contribution in [3.8, 4) is 5.75 Å². The van der Waals surface area contributed by atoms with E-state index in [0.29, 0.717) is 13.2 Å². The van der Waals surface area contributed by atoms with Gasteiger partial charge in [-0.3, -0.25) is 4.90 Å². The fourth-order valence-electron chi connectivity index (χ4n) is 2.70. The van der Waals surface area contributed by atoms with Crippen molar-refractivity contribution >= 4 is 10.8 Å². The minimum Gasteiger partial charge on any atom is -0.496 e. The van der Waals surface area contributed by atoms with E-state index >= 15 is 0 Å². The van der Waals surface area contributed by atoms with Gasteiger partial charge in [-0.2, -0.15) is 0 Å². The van der Waals surface area contributed by atoms with Crippen LogP contribution in [0.4, 0.5) is 0 Å². The Morgan fingerprint density at radius 3 is 2.43 bits per heavy atom. The van der Waals surface area contributed by atoms with Gasteiger partial charge in [0.05, 0.1) is 13.7 Å². The molecule has 1 atom stereocenters. The molecule has 21 heavy (non-hydrogen) atoms. The summed E-state index contributed by atoms with van der Waals surface area (Å²) in [4.78, 5) is 2.23. The molecule has 0 fully saturated rings. The van der Waals surface area contributed by atoms with Crippen LogP contribution < -0.4 is 10.5 Å². The first-order chi connectivity index (χ1) is 10.2. The lowest BCUT2D eigenvalue weighted by Gasteiger charge is -2.28. The normalized spacial score (nSPS) is 12.8. The van der Waals surface area contributed by atoms with Gasteiger partial charge in [0, 0.05) is 31.6 Å². The number of benzene rings is 2. The molecule has 0 radical (unpaired) electrons. The molecule has 2 N–H and O–H groups in total. The molecule has 0 heterocycles. The Hall–Kier alpha value is -1.62. The third-order valence-corrected chi connectivity index (χ3v) is 3.90. The maximum absolute atomic E-state index is 6.03. The van der Waals surface area contributed by atoms with Crippen LogP contribution in [0.1, 0.15) is 11.6 Å². The van der Waals surface area contributed by atoms with Crippen LogP contribution >= 0.6 is 0 Å². The van der Waals surface area contributed by atoms with E-state index in [0.717, 1.165) is 17.7 Å². The van der Waals surface area contributed by atoms with Crippen molar-refractivity contribution in [1.82, 2.24) is 4.90 Å². The van der Waals surface area contributed by atoms with Gasteiger partial charge < -0.3 is 15.2 Å². The molecule has 4 nitrogen and oxygen atoms in total. The van der Waals surface area contributed by atoms with E-state index in [2.05, 4.69) is 30.1 Å². The first-order valence-corrected chi connectivity index (χ1v) is 7.17. The van der Waals surface area contributed by atoms with Gasteiger partial charge in [-0.05, 0) is 24.1 Å². The van der Waals surface area contributed by atoms with Crippen molar-refractivity contribution in [2.45, 2.75) is 6.04 Å². The van der Waals surface area contributed by atoms with E-state index in [-0.39, 0.29) is 6.04 Å². The van der Waals surface area contributed by atoms with Crippen molar-refractivity contribution in [2.75, 3.05) is 41.0 Å². The number of fused-ring (bicyclic) bond motifs is 1. The van der Waals surface area contributed by atoms with Crippen LogP contribution in [0, 0.1) is 0 Å². The highest BCUT2D eigenvalue weighted by atomic mass is 16.5. The lowest BCUT2D eigenvalue weighted by molar-refractivity contribution is 0.141. The molecule has 0 aliphatic carbocycles. The second kappa shape index (κ2) is 7.41. The molecule has 2 aromatic rings. The van der Waals surface area contributed by atoms with Gasteiger partial charge in [0.25, 0.3) is 0 Å². The third-order valence-electron chi connectivity index (χ3n) is 3.90. The fourth-order valence-corrected chi connectivity index (χ4v) is 2.70. The van der Waals surface area contributed by atoms with Gasteiger partial charge in [0.15, 0.2) is 0 Å². The molecule has 0 saturated carbocycles. The van der Waals surface area contributed by atoms with Crippen LogP contribution in [0.2, 0.25) is 0 Å². The van der Waals surface area contributed by atoms with Crippen molar-refractivity contribution in [3.63, 3.8) is 0 Å². The smallest absolute Gasteiger partial charge is 0.126 e. The predicted octanol–water partition coefficient (Wildman–Crippen LogP) is 2.43. The zero-order valence-corrected chi connectivity index (χ0v) is 13.0. The van der Waals surface area contributed by atoms with Gasteiger partial charge >= 0.3 is 0 Å². The Labute approximate surface area is 126 Å². The number of hydrogen-bond donors (Lipinski definition) is 1. The quantitative estimate of drug-likeness (QED) is 0.850. The first kappa shape index (κ1) is 15.8. The van der Waals surface area contributed by atoms with Crippen molar-refractivity contribution in [1.29, 1.82) is 0 Å². The van der Waals surface area contributed by atoms with E-state index in [1.165, 1.54) is 10.9 Å². The topological polar surface area (TPSA) is 47.7 Å². The highest BCUT2D eigenvalue weighted by Crippen LogP contribution is 2.32. The number of nitrogens with zero attached hydrogens (tertiary/aromatic N) is 1. The van der Waals surface area contributed by atoms with Gasteiger partial charge in [0.1, 0.15) is 5.75 Å². The monoisotopic (exact) mass is 288 g/mol. The summed E-state index contributed by atoms with van der Waals surface area (Å²) in [7, 11) is 5.50. The molecule has 4 heteroatoms. The highest BCUT2D eigenvalue weighted by Gasteiger charge is 2.18. The van der Waals surface area contributed by atoms with Crippen molar-refractivity contribution in [3.05, 3.63) is 42.0 Å². The molecule has 0 aliphatic rings. The lowest BCUT2D eigenvalue weighted by Crippen LogP contribution is -2.33. The third kappa shape index (κ3) is 3.35. The molecule has 2 rings (SSSR count). The van der Waals surface area contributed by atoms with Gasteiger partial charge in [0.2, 0.25) is 0 Å². The van der Waals surface area contributed by atoms with Crippen LogP contribution in [0.5, 0.6) is 5.75 Å². The Morgan fingerprint density at radius 1 is 1.10 bits per heavy atom. The number of methoxy groups -OCH3 is 2. The van der Waals surface area contributed by atoms with E-state index in [1.807, 2.05) is 18.2 Å². The Kier molecular flexibility index (Phi) is 5.56. The molecule has 0 spiro atoms. The van der Waals surface area contributed by atoms with Crippen molar-refractivity contribution in [2.24, 2.45) is 5.73 Å². The molecule has 0 saturated heterocycles. The summed E-state index contributed by atoms with van der Waals surface area (Å²) in [5, 5.41) is 2.31. The minimum atomic E-state index is 0.163. The van der Waals surface area contributed by atoms with E-state index in [1.54, 1.807) is 14.2 Å². The van der Waals surface area contributed by atoms with Gasteiger partial charge in [-0.25, -0.2) is 0 Å². The standard InChI is InChI=1S/C17H24N2O2/c1-19(10-11-20-2)16(12-18)14-8-9-17(21-3)15-7-5-4-6-13(14)15/h4-9,16H,10-12,18H2,1-3H3. The lowest BCUT2D eigenvalue weighted by atomic mass is 9.97. The van der Waals surface area contributed by atoms with Crippen LogP contribution in [-0.2, 0) is 4.74 Å². The number of rotatable bonds is 7. The molecule has 0 amide bonds. The second-order valence-corrected chi connectivity index (χ2v) is 5.13. The van der Waals surface area contributed by atoms with E-state index in [9.17, 15) is 0 Å². The molecule has 0 bridgehead atoms. The maximum atomic E-state index is 6.03. The molecule has 0 aromatic heterocycles. The maximum Gasteiger partial charge on any atom is 0.126 e. The first-order valence-electron chi connectivity index (χ1n) is 7.17. The van der Waals surface area contributed by atoms with E-state index < -0.39 is 0 Å². The molecule has 1 unspecified atom stereocenters. The van der Waals surface area contributed by atoms with Gasteiger partial charge in [-0.1, -0.05) is 30.3 Å². The average molecular weight is 288 g/mol. The Morgan fingerprint density at radius 2 is 1.81 bits per heavy atom. The predicted molar refractivity (Wildman–Crippen MR) is 86.8 cm³/mol. The summed E-state index contributed by atoms with van der Waals surface area (Å²) in [6.07, 6.45) is 0. The molecular formula is C17H24N2O2. The van der Waals surface area contributed by atoms with Gasteiger partial charge in [-0.15, -0.1) is 0 Å². The number of ether oxygens (including phenoxy) is 2. The minimum absolute atomic E-state index is 0.163. The van der Waals surface area contributed by atoms with Crippen LogP contribution in [-0.4, -0.2) is 45.9 Å². The summed E-state index contributed by atoms with van der Waals surface area (Å²) < 4.78 is 10.6. The Bertz CT molecular complexity index is 586. The van der Waals surface area contributed by atoms with E-state index in [4.69, 9.17) is 15.2 Å². The molecule has 2 aromatic carbocycles. The van der Waals surface area contributed by atoms with Crippen LogP contribution in [0.15, 0.2) is 36.4 Å². The largest absolute Gasteiger partial charge is 0.496 e. The fraction of sp³-hybridized carbons (Fsp3) is 0.412. The summed E-state index contributed by atoms with van der Waals surface area (Å²) >= 11 is 0. The number of nitrogens with two attached hydrogens (primary N) is 1. The van der Waals surface area contributed by atoms with Crippen molar-refractivity contribution < 1.29 is 9.47 Å². The molecular weight excluding hydrogens is 264 g/mol. The summed E-state index contributed by atoms with van der Waals surface area (Å²) in [6, 6.07) is 12.6. The summed E-state index contributed by atoms with van der Waals surface area (Å²) in [5.41, 5.74) is 7.25. The van der Waals surface area contributed by atoms with Crippen LogP contribution in [0.3, 0.4) is 0 Å². The zero-order valence-electron chi connectivity index (χ0n) is 13.0. The summed E-state index contributed by atoms with van der Waals surface area (Å²) in [5.74, 6) is 0.893. The Balaban J connectivity index is 2.44. The van der Waals surface area contributed by atoms with Crippen LogP contribution in [0.25, 0.3) is 10.8 Å². The zero-order chi connectivity index (χ0) is 15.2. The number of hydrogen-bond acceptors (Lipinski definition) is 4. The molecule has 114 valence electrons. The average Bonchev–Trinajstić information content (AvgIpc) is 2.53. The highest BCUT2D eigenvalue weighted by molar-refractivity contribution is 5.91. The molecule has 0 aliphatic heterocycles. The summed E-state index contributed by atoms with van der Waals surface area (Å²) in [6.45, 7) is 2.11.